The molecule has 2 rings (SSSR count). The number of nitrogens with zero attached hydrogens (tertiary/aromatic N) is 1. The van der Waals surface area contributed by atoms with E-state index in [-0.39, 0.29) is 23.5 Å². The molecule has 6 heteroatoms. The summed E-state index contributed by atoms with van der Waals surface area (Å²) in [4.78, 5) is 37.6. The summed E-state index contributed by atoms with van der Waals surface area (Å²) in [5, 5.41) is 0. The van der Waals surface area contributed by atoms with E-state index in [1.54, 1.807) is 7.11 Å². The molecule has 2 atom stereocenters. The molecule has 98 valence electrons. The molecule has 18 heavy (non-hydrogen) atoms. The maximum Gasteiger partial charge on any atom is 0.328 e. The van der Waals surface area contributed by atoms with Gasteiger partial charge in [-0.3, -0.25) is 14.2 Å². The Morgan fingerprint density at radius 2 is 2.17 bits per heavy atom. The van der Waals surface area contributed by atoms with Gasteiger partial charge in [-0.2, -0.15) is 0 Å². The van der Waals surface area contributed by atoms with Gasteiger partial charge in [0, 0.05) is 19.3 Å². The minimum Gasteiger partial charge on any atom is -0.381 e. The minimum atomic E-state index is -0.506. The van der Waals surface area contributed by atoms with E-state index < -0.39 is 11.2 Å². The lowest BCUT2D eigenvalue weighted by Crippen LogP contribution is -2.39. The van der Waals surface area contributed by atoms with Crippen LogP contribution in [-0.4, -0.2) is 28.5 Å². The largest absolute Gasteiger partial charge is 0.381 e. The summed E-state index contributed by atoms with van der Waals surface area (Å²) in [6, 6.07) is -0.189. The molecular weight excluding hydrogens is 236 g/mol. The SMILES string of the molecule is COC1CCC(n2c(=O)[nH]cc(C(C)=O)c2=O)C1. The summed E-state index contributed by atoms with van der Waals surface area (Å²) in [6.07, 6.45) is 3.41. The molecule has 0 aromatic carbocycles. The molecule has 1 heterocycles. The van der Waals surface area contributed by atoms with Gasteiger partial charge in [0.05, 0.1) is 11.7 Å². The van der Waals surface area contributed by atoms with Crippen LogP contribution < -0.4 is 11.2 Å². The molecule has 1 fully saturated rings. The lowest BCUT2D eigenvalue weighted by atomic mass is 10.2. The second kappa shape index (κ2) is 4.89. The van der Waals surface area contributed by atoms with Crippen LogP contribution >= 0.6 is 0 Å². The number of ketones is 1. The smallest absolute Gasteiger partial charge is 0.328 e. The van der Waals surface area contributed by atoms with E-state index in [0.717, 1.165) is 11.0 Å². The van der Waals surface area contributed by atoms with Crippen LogP contribution in [0, 0.1) is 0 Å². The fourth-order valence-corrected chi connectivity index (χ4v) is 2.44. The molecule has 2 unspecified atom stereocenters. The average Bonchev–Trinajstić information content (AvgIpc) is 2.77. The highest BCUT2D eigenvalue weighted by Crippen LogP contribution is 2.29. The van der Waals surface area contributed by atoms with Gasteiger partial charge in [0.2, 0.25) is 0 Å². The van der Waals surface area contributed by atoms with E-state index in [4.69, 9.17) is 4.74 Å². The topological polar surface area (TPSA) is 81.2 Å². The number of hydrogen-bond acceptors (Lipinski definition) is 4. The van der Waals surface area contributed by atoms with Crippen LogP contribution in [0.15, 0.2) is 15.8 Å². The van der Waals surface area contributed by atoms with Crippen molar-refractivity contribution in [1.29, 1.82) is 0 Å². The number of aromatic nitrogens is 2. The Morgan fingerprint density at radius 1 is 1.44 bits per heavy atom. The molecule has 1 aliphatic rings. The highest BCUT2D eigenvalue weighted by molar-refractivity contribution is 5.93. The summed E-state index contributed by atoms with van der Waals surface area (Å²) in [5.74, 6) is -0.341. The van der Waals surface area contributed by atoms with Crippen LogP contribution in [-0.2, 0) is 4.74 Å². The number of H-pyrrole nitrogens is 1. The first-order chi connectivity index (χ1) is 8.54. The first-order valence-corrected chi connectivity index (χ1v) is 5.92. The summed E-state index contributed by atoms with van der Waals surface area (Å²) in [7, 11) is 1.62. The highest BCUT2D eigenvalue weighted by atomic mass is 16.5. The zero-order valence-corrected chi connectivity index (χ0v) is 10.4. The lowest BCUT2D eigenvalue weighted by Gasteiger charge is -2.13. The molecule has 6 nitrogen and oxygen atoms in total. The summed E-state index contributed by atoms with van der Waals surface area (Å²) < 4.78 is 6.37. The number of rotatable bonds is 3. The van der Waals surface area contributed by atoms with Gasteiger partial charge in [-0.25, -0.2) is 4.79 Å². The quantitative estimate of drug-likeness (QED) is 0.793. The average molecular weight is 252 g/mol. The summed E-state index contributed by atoms with van der Waals surface area (Å²) in [6.45, 7) is 1.31. The number of carbonyl (C=O) groups is 1. The van der Waals surface area contributed by atoms with Crippen LogP contribution in [0.4, 0.5) is 0 Å². The van der Waals surface area contributed by atoms with Crippen molar-refractivity contribution in [2.24, 2.45) is 0 Å². The lowest BCUT2D eigenvalue weighted by molar-refractivity contribution is 0.101. The predicted molar refractivity (Wildman–Crippen MR) is 65.0 cm³/mol. The van der Waals surface area contributed by atoms with E-state index in [1.807, 2.05) is 0 Å². The zero-order chi connectivity index (χ0) is 13.3. The third-order valence-corrected chi connectivity index (χ3v) is 3.44. The Balaban J connectivity index is 2.45. The fraction of sp³-hybridized carbons (Fsp3) is 0.583. The number of hydrogen-bond donors (Lipinski definition) is 1. The van der Waals surface area contributed by atoms with Crippen molar-refractivity contribution in [3.8, 4) is 0 Å². The van der Waals surface area contributed by atoms with Crippen molar-refractivity contribution < 1.29 is 9.53 Å². The number of ether oxygens (including phenoxy) is 1. The molecule has 1 aromatic heterocycles. The van der Waals surface area contributed by atoms with Crippen molar-refractivity contribution in [2.45, 2.75) is 38.3 Å². The van der Waals surface area contributed by atoms with Gasteiger partial charge in [-0.1, -0.05) is 0 Å². The van der Waals surface area contributed by atoms with Gasteiger partial charge in [-0.05, 0) is 26.2 Å². The molecule has 0 radical (unpaired) electrons. The standard InChI is InChI=1S/C12H16N2O4/c1-7(15)10-6-13-12(17)14(11(10)16)8-3-4-9(5-8)18-2/h6,8-9H,3-5H2,1-2H3,(H,13,17). The number of carbonyl (C=O) groups excluding carboxylic acids is 1. The second-order valence-electron chi connectivity index (χ2n) is 4.56. The van der Waals surface area contributed by atoms with E-state index in [9.17, 15) is 14.4 Å². The summed E-state index contributed by atoms with van der Waals surface area (Å²) in [5.41, 5.74) is -0.949. The Bertz CT molecular complexity index is 572. The third-order valence-electron chi connectivity index (χ3n) is 3.44. The Morgan fingerprint density at radius 3 is 2.72 bits per heavy atom. The molecule has 0 bridgehead atoms. The molecule has 0 aliphatic heterocycles. The van der Waals surface area contributed by atoms with Gasteiger partial charge in [0.15, 0.2) is 5.78 Å². The first kappa shape index (κ1) is 12.8. The first-order valence-electron chi connectivity index (χ1n) is 5.92. The summed E-state index contributed by atoms with van der Waals surface area (Å²) >= 11 is 0. The molecule has 1 saturated carbocycles. The van der Waals surface area contributed by atoms with Crippen LogP contribution in [0.1, 0.15) is 42.6 Å². The zero-order valence-electron chi connectivity index (χ0n) is 10.4. The predicted octanol–water partition coefficient (Wildman–Crippen LogP) is 0.479. The molecule has 1 aliphatic carbocycles. The van der Waals surface area contributed by atoms with Crippen molar-refractivity contribution in [1.82, 2.24) is 9.55 Å². The molecule has 1 aromatic rings. The molecule has 1 N–H and O–H groups in total. The van der Waals surface area contributed by atoms with Crippen molar-refractivity contribution in [3.63, 3.8) is 0 Å². The monoisotopic (exact) mass is 252 g/mol. The van der Waals surface area contributed by atoms with Crippen LogP contribution in [0.5, 0.6) is 0 Å². The Kier molecular flexibility index (Phi) is 3.47. The second-order valence-corrected chi connectivity index (χ2v) is 4.56. The van der Waals surface area contributed by atoms with E-state index in [2.05, 4.69) is 4.98 Å². The Hall–Kier alpha value is -1.69. The molecule has 0 saturated heterocycles. The maximum atomic E-state index is 12.1. The number of Topliss-reactive ketones (excluding diaryl/α,β-unsaturated/α-hetero) is 1. The van der Waals surface area contributed by atoms with Gasteiger partial charge in [0.1, 0.15) is 0 Å². The van der Waals surface area contributed by atoms with E-state index in [0.29, 0.717) is 12.8 Å². The fourth-order valence-electron chi connectivity index (χ4n) is 2.44. The van der Waals surface area contributed by atoms with E-state index in [1.165, 1.54) is 13.1 Å². The highest BCUT2D eigenvalue weighted by Gasteiger charge is 2.28. The van der Waals surface area contributed by atoms with Gasteiger partial charge >= 0.3 is 5.69 Å². The van der Waals surface area contributed by atoms with Gasteiger partial charge < -0.3 is 9.72 Å². The van der Waals surface area contributed by atoms with Gasteiger partial charge in [0.25, 0.3) is 5.56 Å². The minimum absolute atomic E-state index is 0.0236. The number of aromatic amines is 1. The maximum absolute atomic E-state index is 12.1. The van der Waals surface area contributed by atoms with Gasteiger partial charge in [-0.15, -0.1) is 0 Å². The molecule has 0 amide bonds. The Labute approximate surface area is 104 Å². The number of methoxy groups -OCH3 is 1. The van der Waals surface area contributed by atoms with Crippen molar-refractivity contribution in [3.05, 3.63) is 32.6 Å². The van der Waals surface area contributed by atoms with Crippen LogP contribution in [0.2, 0.25) is 0 Å². The molecular formula is C12H16N2O4. The van der Waals surface area contributed by atoms with E-state index >= 15 is 0 Å². The number of nitrogens with one attached hydrogen (secondary N) is 1. The normalized spacial score (nSPS) is 23.2. The van der Waals surface area contributed by atoms with Crippen LogP contribution in [0.25, 0.3) is 0 Å². The van der Waals surface area contributed by atoms with Crippen LogP contribution in [0.3, 0.4) is 0 Å². The third kappa shape index (κ3) is 2.15. The molecule has 0 spiro atoms. The van der Waals surface area contributed by atoms with Crippen molar-refractivity contribution >= 4 is 5.78 Å². The van der Waals surface area contributed by atoms with Crippen molar-refractivity contribution in [2.75, 3.05) is 7.11 Å².